The van der Waals surface area contributed by atoms with Gasteiger partial charge in [0.05, 0.1) is 18.2 Å². The van der Waals surface area contributed by atoms with Crippen LogP contribution < -0.4 is 10.1 Å². The zero-order valence-electron chi connectivity index (χ0n) is 7.88. The Hall–Kier alpha value is -0.770. The van der Waals surface area contributed by atoms with Crippen molar-refractivity contribution in [1.82, 2.24) is 5.32 Å². The van der Waals surface area contributed by atoms with Crippen molar-refractivity contribution < 1.29 is 9.84 Å². The summed E-state index contributed by atoms with van der Waals surface area (Å²) >= 11 is 5.97. The van der Waals surface area contributed by atoms with Crippen LogP contribution >= 0.6 is 11.6 Å². The average Bonchev–Trinajstić information content (AvgIpc) is 2.19. The van der Waals surface area contributed by atoms with Crippen LogP contribution in [0.2, 0.25) is 5.02 Å². The molecule has 1 atom stereocenters. The van der Waals surface area contributed by atoms with Gasteiger partial charge in [-0.1, -0.05) is 11.6 Å². The highest BCUT2D eigenvalue weighted by Gasteiger charge is 2.19. The fourth-order valence-electron chi connectivity index (χ4n) is 1.68. The molecule has 0 saturated heterocycles. The third-order valence-electron chi connectivity index (χ3n) is 2.43. The fraction of sp³-hybridized carbons (Fsp3) is 0.400. The molecular formula is C10H12ClNO2. The summed E-state index contributed by atoms with van der Waals surface area (Å²) in [5.74, 6) is 0.654. The molecule has 0 saturated carbocycles. The summed E-state index contributed by atoms with van der Waals surface area (Å²) in [6.07, 6.45) is -0.470. The smallest absolute Gasteiger partial charge is 0.137 e. The molecule has 3 nitrogen and oxygen atoms in total. The lowest BCUT2D eigenvalue weighted by atomic mass is 9.98. The van der Waals surface area contributed by atoms with Crippen molar-refractivity contribution in [2.75, 3.05) is 13.7 Å². The molecule has 0 fully saturated rings. The second kappa shape index (κ2) is 3.77. The van der Waals surface area contributed by atoms with Gasteiger partial charge in [-0.3, -0.25) is 0 Å². The first-order valence-corrected chi connectivity index (χ1v) is 4.85. The first kappa shape index (κ1) is 9.77. The van der Waals surface area contributed by atoms with Gasteiger partial charge >= 0.3 is 0 Å². The Labute approximate surface area is 87.6 Å². The highest BCUT2D eigenvalue weighted by atomic mass is 35.5. The number of methoxy groups -OCH3 is 1. The van der Waals surface area contributed by atoms with E-state index in [1.54, 1.807) is 13.2 Å². The van der Waals surface area contributed by atoms with Crippen LogP contribution in [0.15, 0.2) is 12.1 Å². The van der Waals surface area contributed by atoms with Crippen molar-refractivity contribution in [3.63, 3.8) is 0 Å². The molecule has 14 heavy (non-hydrogen) atoms. The summed E-state index contributed by atoms with van der Waals surface area (Å²) in [7, 11) is 1.58. The van der Waals surface area contributed by atoms with Crippen LogP contribution in [-0.4, -0.2) is 18.8 Å². The maximum absolute atomic E-state index is 9.69. The molecule has 76 valence electrons. The van der Waals surface area contributed by atoms with Crippen LogP contribution in [0.4, 0.5) is 0 Å². The summed E-state index contributed by atoms with van der Waals surface area (Å²) in [6.45, 7) is 1.33. The number of nitrogens with one attached hydrogen (secondary N) is 1. The van der Waals surface area contributed by atoms with Crippen molar-refractivity contribution in [2.45, 2.75) is 12.6 Å². The van der Waals surface area contributed by atoms with Crippen LogP contribution in [0.5, 0.6) is 5.75 Å². The van der Waals surface area contributed by atoms with Crippen molar-refractivity contribution in [3.8, 4) is 5.75 Å². The van der Waals surface area contributed by atoms with Crippen LogP contribution in [-0.2, 0) is 6.54 Å². The van der Waals surface area contributed by atoms with E-state index in [4.69, 9.17) is 16.3 Å². The summed E-state index contributed by atoms with van der Waals surface area (Å²) in [6, 6.07) is 3.65. The number of rotatable bonds is 1. The molecule has 0 radical (unpaired) electrons. The van der Waals surface area contributed by atoms with E-state index >= 15 is 0 Å². The van der Waals surface area contributed by atoms with Gasteiger partial charge in [0.15, 0.2) is 0 Å². The molecule has 1 aliphatic rings. The lowest BCUT2D eigenvalue weighted by Crippen LogP contribution is -2.27. The zero-order chi connectivity index (χ0) is 10.1. The van der Waals surface area contributed by atoms with E-state index in [9.17, 15) is 5.11 Å². The first-order valence-electron chi connectivity index (χ1n) is 4.47. The summed E-state index contributed by atoms with van der Waals surface area (Å²) in [5, 5.41) is 13.3. The number of benzene rings is 1. The molecule has 0 aliphatic carbocycles. The number of aliphatic hydroxyl groups is 1. The van der Waals surface area contributed by atoms with E-state index in [-0.39, 0.29) is 0 Å². The first-order chi connectivity index (χ1) is 6.72. The van der Waals surface area contributed by atoms with Gasteiger partial charge in [-0.2, -0.15) is 0 Å². The van der Waals surface area contributed by atoms with Gasteiger partial charge in [0.2, 0.25) is 0 Å². The predicted octanol–water partition coefficient (Wildman–Crippen LogP) is 1.49. The van der Waals surface area contributed by atoms with Crippen LogP contribution in [0.25, 0.3) is 0 Å². The highest BCUT2D eigenvalue weighted by molar-refractivity contribution is 6.32. The fourth-order valence-corrected chi connectivity index (χ4v) is 1.93. The Kier molecular flexibility index (Phi) is 2.63. The largest absolute Gasteiger partial charge is 0.495 e. The van der Waals surface area contributed by atoms with Crippen molar-refractivity contribution >= 4 is 11.6 Å². The second-order valence-electron chi connectivity index (χ2n) is 3.33. The normalized spacial score (nSPS) is 20.4. The van der Waals surface area contributed by atoms with Gasteiger partial charge in [-0.05, 0) is 23.3 Å². The number of fused-ring (bicyclic) bond motifs is 1. The van der Waals surface area contributed by atoms with E-state index < -0.39 is 6.10 Å². The predicted molar refractivity (Wildman–Crippen MR) is 54.7 cm³/mol. The SMILES string of the molecule is COc1cc2c(cc1Cl)C(O)CNC2. The average molecular weight is 214 g/mol. The Bertz CT molecular complexity index is 354. The van der Waals surface area contributed by atoms with Gasteiger partial charge < -0.3 is 15.2 Å². The maximum atomic E-state index is 9.69. The third kappa shape index (κ3) is 1.59. The number of hydrogen-bond donors (Lipinski definition) is 2. The molecule has 0 aromatic heterocycles. The molecule has 1 aliphatic heterocycles. The minimum Gasteiger partial charge on any atom is -0.495 e. The van der Waals surface area contributed by atoms with Crippen LogP contribution in [0, 0.1) is 0 Å². The molecule has 2 N–H and O–H groups in total. The van der Waals surface area contributed by atoms with Gasteiger partial charge in [-0.15, -0.1) is 0 Å². The van der Waals surface area contributed by atoms with E-state index in [1.165, 1.54) is 0 Å². The molecule has 0 bridgehead atoms. The summed E-state index contributed by atoms with van der Waals surface area (Å²) in [4.78, 5) is 0. The van der Waals surface area contributed by atoms with E-state index in [0.717, 1.165) is 17.7 Å². The molecule has 1 aromatic rings. The standard InChI is InChI=1S/C10H12ClNO2/c1-14-10-2-6-4-12-5-9(13)7(6)3-8(10)11/h2-3,9,12-13H,4-5H2,1H3. The molecule has 1 aromatic carbocycles. The lowest BCUT2D eigenvalue weighted by molar-refractivity contribution is 0.165. The number of aliphatic hydroxyl groups excluding tert-OH is 1. The van der Waals surface area contributed by atoms with Crippen molar-refractivity contribution in [2.24, 2.45) is 0 Å². The quantitative estimate of drug-likeness (QED) is 0.743. The van der Waals surface area contributed by atoms with E-state index in [0.29, 0.717) is 17.3 Å². The number of halogens is 1. The van der Waals surface area contributed by atoms with Gasteiger partial charge in [0, 0.05) is 13.1 Å². The molecule has 1 heterocycles. The number of hydrogen-bond acceptors (Lipinski definition) is 3. The van der Waals surface area contributed by atoms with E-state index in [1.807, 2.05) is 6.07 Å². The lowest BCUT2D eigenvalue weighted by Gasteiger charge is -2.23. The maximum Gasteiger partial charge on any atom is 0.137 e. The minimum absolute atomic E-state index is 0.470. The van der Waals surface area contributed by atoms with Gasteiger partial charge in [0.25, 0.3) is 0 Å². The monoisotopic (exact) mass is 213 g/mol. The van der Waals surface area contributed by atoms with Crippen molar-refractivity contribution in [3.05, 3.63) is 28.3 Å². The Morgan fingerprint density at radius 2 is 2.36 bits per heavy atom. The minimum atomic E-state index is -0.470. The summed E-state index contributed by atoms with van der Waals surface area (Å²) < 4.78 is 5.10. The molecule has 0 amide bonds. The number of β-amino-alcohol motifs (C(OH)–C–C–N with tert-alkyl or cyclic N) is 1. The third-order valence-corrected chi connectivity index (χ3v) is 2.72. The Morgan fingerprint density at radius 1 is 1.57 bits per heavy atom. The number of ether oxygens (including phenoxy) is 1. The van der Waals surface area contributed by atoms with Crippen LogP contribution in [0.3, 0.4) is 0 Å². The highest BCUT2D eigenvalue weighted by Crippen LogP contribution is 2.32. The molecule has 1 unspecified atom stereocenters. The zero-order valence-corrected chi connectivity index (χ0v) is 8.64. The molecule has 2 rings (SSSR count). The Balaban J connectivity index is 2.48. The van der Waals surface area contributed by atoms with Crippen LogP contribution in [0.1, 0.15) is 17.2 Å². The second-order valence-corrected chi connectivity index (χ2v) is 3.74. The topological polar surface area (TPSA) is 41.5 Å². The van der Waals surface area contributed by atoms with Gasteiger partial charge in [0.1, 0.15) is 5.75 Å². The Morgan fingerprint density at radius 3 is 3.07 bits per heavy atom. The van der Waals surface area contributed by atoms with E-state index in [2.05, 4.69) is 5.32 Å². The summed E-state index contributed by atoms with van der Waals surface area (Å²) in [5.41, 5.74) is 1.94. The molecular weight excluding hydrogens is 202 g/mol. The molecule has 4 heteroatoms. The van der Waals surface area contributed by atoms with Crippen molar-refractivity contribution in [1.29, 1.82) is 0 Å². The molecule has 0 spiro atoms. The van der Waals surface area contributed by atoms with Gasteiger partial charge in [-0.25, -0.2) is 0 Å².